The largest absolute Gasteiger partial charge is 0.393 e. The summed E-state index contributed by atoms with van der Waals surface area (Å²) >= 11 is 0. The smallest absolute Gasteiger partial charge is 0.222 e. The number of aliphatic hydroxyl groups is 1. The van der Waals surface area contributed by atoms with Crippen LogP contribution in [0.15, 0.2) is 18.5 Å². The summed E-state index contributed by atoms with van der Waals surface area (Å²) in [5.41, 5.74) is 6.79. The molecule has 124 valence electrons. The number of nitrogen functional groups attached to an aromatic ring is 1. The second-order valence-electron chi connectivity index (χ2n) is 6.31. The summed E-state index contributed by atoms with van der Waals surface area (Å²) in [4.78, 5) is 15.1. The van der Waals surface area contributed by atoms with Gasteiger partial charge in [0.1, 0.15) is 11.6 Å². The van der Waals surface area contributed by atoms with Crippen molar-refractivity contribution in [1.29, 1.82) is 0 Å². The lowest BCUT2D eigenvalue weighted by molar-refractivity contribution is 0.0732. The van der Waals surface area contributed by atoms with Crippen LogP contribution in [-0.2, 0) is 13.5 Å². The molecule has 0 amide bonds. The van der Waals surface area contributed by atoms with Crippen molar-refractivity contribution in [1.82, 2.24) is 19.5 Å². The van der Waals surface area contributed by atoms with Crippen LogP contribution in [0.5, 0.6) is 0 Å². The Bertz CT molecular complexity index is 664. The van der Waals surface area contributed by atoms with Gasteiger partial charge >= 0.3 is 0 Å². The minimum atomic E-state index is -0.199. The van der Waals surface area contributed by atoms with E-state index in [0.29, 0.717) is 11.9 Å². The SMILES string of the molecule is CN(CCCc1nccn1C)c1cc(C2CC(O)C2)nc(N)n1. The molecule has 7 nitrogen and oxygen atoms in total. The van der Waals surface area contributed by atoms with Crippen molar-refractivity contribution in [3.8, 4) is 0 Å². The van der Waals surface area contributed by atoms with Gasteiger partial charge in [-0.15, -0.1) is 0 Å². The standard InChI is InChI=1S/C16H24N6O/c1-21(6-3-4-14-18-5-7-22(14)2)15-10-13(19-16(17)20-15)11-8-12(23)9-11/h5,7,10-12,23H,3-4,6,8-9H2,1-2H3,(H2,17,19,20). The first-order valence-corrected chi connectivity index (χ1v) is 8.03. The lowest BCUT2D eigenvalue weighted by Crippen LogP contribution is -2.28. The highest BCUT2D eigenvalue weighted by Gasteiger charge is 2.30. The molecular formula is C16H24N6O. The third kappa shape index (κ3) is 3.61. The molecule has 0 bridgehead atoms. The molecule has 0 saturated heterocycles. The summed E-state index contributed by atoms with van der Waals surface area (Å²) in [6.07, 6.45) is 7.03. The third-order valence-electron chi connectivity index (χ3n) is 4.49. The minimum absolute atomic E-state index is 0.199. The molecule has 0 aromatic carbocycles. The second-order valence-corrected chi connectivity index (χ2v) is 6.31. The molecular weight excluding hydrogens is 292 g/mol. The zero-order valence-electron chi connectivity index (χ0n) is 13.7. The molecule has 2 heterocycles. The van der Waals surface area contributed by atoms with Crippen LogP contribution < -0.4 is 10.6 Å². The van der Waals surface area contributed by atoms with E-state index < -0.39 is 0 Å². The van der Waals surface area contributed by atoms with Crippen molar-refractivity contribution in [2.75, 3.05) is 24.2 Å². The number of hydrogen-bond donors (Lipinski definition) is 2. The third-order valence-corrected chi connectivity index (χ3v) is 4.49. The number of aliphatic hydroxyl groups excluding tert-OH is 1. The Kier molecular flexibility index (Phi) is 4.47. The highest BCUT2D eigenvalue weighted by atomic mass is 16.3. The molecule has 0 atom stereocenters. The molecule has 1 saturated carbocycles. The quantitative estimate of drug-likeness (QED) is 0.829. The van der Waals surface area contributed by atoms with Crippen LogP contribution in [0.2, 0.25) is 0 Å². The van der Waals surface area contributed by atoms with Crippen molar-refractivity contribution < 1.29 is 5.11 Å². The van der Waals surface area contributed by atoms with Gasteiger partial charge in [0.15, 0.2) is 0 Å². The number of nitrogens with zero attached hydrogens (tertiary/aromatic N) is 5. The number of aryl methyl sites for hydroxylation is 2. The molecule has 3 rings (SSSR count). The Balaban J connectivity index is 1.60. The van der Waals surface area contributed by atoms with Gasteiger partial charge in [0.2, 0.25) is 5.95 Å². The van der Waals surface area contributed by atoms with E-state index in [4.69, 9.17) is 5.73 Å². The van der Waals surface area contributed by atoms with Gasteiger partial charge in [-0.2, -0.15) is 4.98 Å². The van der Waals surface area contributed by atoms with Crippen LogP contribution in [-0.4, -0.2) is 44.3 Å². The Morgan fingerprint density at radius 2 is 2.17 bits per heavy atom. The predicted octanol–water partition coefficient (Wildman–Crippen LogP) is 1.10. The molecule has 0 aliphatic heterocycles. The topological polar surface area (TPSA) is 93.1 Å². The molecule has 0 spiro atoms. The van der Waals surface area contributed by atoms with E-state index in [0.717, 1.165) is 49.6 Å². The molecule has 2 aromatic rings. The van der Waals surface area contributed by atoms with Gasteiger partial charge in [-0.05, 0) is 19.3 Å². The summed E-state index contributed by atoms with van der Waals surface area (Å²) in [5, 5.41) is 9.46. The van der Waals surface area contributed by atoms with Crippen LogP contribution >= 0.6 is 0 Å². The molecule has 1 fully saturated rings. The van der Waals surface area contributed by atoms with Crippen molar-refractivity contribution in [3.63, 3.8) is 0 Å². The molecule has 2 aromatic heterocycles. The van der Waals surface area contributed by atoms with E-state index in [9.17, 15) is 5.11 Å². The average molecular weight is 316 g/mol. The van der Waals surface area contributed by atoms with Gasteiger partial charge in [0, 0.05) is 51.4 Å². The number of imidazole rings is 1. The maximum absolute atomic E-state index is 9.46. The summed E-state index contributed by atoms with van der Waals surface area (Å²) in [7, 11) is 4.02. The zero-order chi connectivity index (χ0) is 16.4. The van der Waals surface area contributed by atoms with Crippen LogP contribution in [0.3, 0.4) is 0 Å². The first-order valence-electron chi connectivity index (χ1n) is 8.03. The summed E-state index contributed by atoms with van der Waals surface area (Å²) < 4.78 is 2.04. The van der Waals surface area contributed by atoms with E-state index in [2.05, 4.69) is 19.9 Å². The number of hydrogen-bond acceptors (Lipinski definition) is 6. The number of aromatic nitrogens is 4. The van der Waals surface area contributed by atoms with Gasteiger partial charge in [0.05, 0.1) is 11.8 Å². The number of anilines is 2. The summed E-state index contributed by atoms with van der Waals surface area (Å²) in [6.45, 7) is 0.871. The van der Waals surface area contributed by atoms with Gasteiger partial charge < -0.3 is 20.3 Å². The predicted molar refractivity (Wildman–Crippen MR) is 89.2 cm³/mol. The Labute approximate surface area is 136 Å². The van der Waals surface area contributed by atoms with E-state index in [1.807, 2.05) is 37.1 Å². The van der Waals surface area contributed by atoms with Crippen LogP contribution in [0.4, 0.5) is 11.8 Å². The van der Waals surface area contributed by atoms with Crippen molar-refractivity contribution in [3.05, 3.63) is 30.0 Å². The van der Waals surface area contributed by atoms with Gasteiger partial charge in [-0.25, -0.2) is 9.97 Å². The summed E-state index contributed by atoms with van der Waals surface area (Å²) in [6, 6.07) is 1.99. The van der Waals surface area contributed by atoms with Gasteiger partial charge in [0.25, 0.3) is 0 Å². The van der Waals surface area contributed by atoms with Crippen LogP contribution in [0.25, 0.3) is 0 Å². The van der Waals surface area contributed by atoms with E-state index in [1.54, 1.807) is 0 Å². The summed E-state index contributed by atoms with van der Waals surface area (Å²) in [5.74, 6) is 2.53. The van der Waals surface area contributed by atoms with Crippen molar-refractivity contribution in [2.45, 2.75) is 37.7 Å². The van der Waals surface area contributed by atoms with E-state index in [-0.39, 0.29) is 6.10 Å². The maximum atomic E-state index is 9.46. The van der Waals surface area contributed by atoms with Gasteiger partial charge in [-0.1, -0.05) is 0 Å². The Morgan fingerprint density at radius 1 is 1.39 bits per heavy atom. The van der Waals surface area contributed by atoms with Gasteiger partial charge in [-0.3, -0.25) is 0 Å². The number of nitrogens with two attached hydrogens (primary N) is 1. The molecule has 23 heavy (non-hydrogen) atoms. The number of rotatable bonds is 6. The monoisotopic (exact) mass is 316 g/mol. The molecule has 3 N–H and O–H groups in total. The fourth-order valence-corrected chi connectivity index (χ4v) is 2.93. The van der Waals surface area contributed by atoms with E-state index >= 15 is 0 Å². The minimum Gasteiger partial charge on any atom is -0.393 e. The Hall–Kier alpha value is -2.15. The van der Waals surface area contributed by atoms with Crippen LogP contribution in [0, 0.1) is 0 Å². The highest BCUT2D eigenvalue weighted by Crippen LogP contribution is 2.36. The molecule has 0 radical (unpaired) electrons. The molecule has 0 unspecified atom stereocenters. The Morgan fingerprint density at radius 3 is 2.83 bits per heavy atom. The maximum Gasteiger partial charge on any atom is 0.222 e. The average Bonchev–Trinajstić information content (AvgIpc) is 2.88. The fourth-order valence-electron chi connectivity index (χ4n) is 2.93. The zero-order valence-corrected chi connectivity index (χ0v) is 13.7. The van der Waals surface area contributed by atoms with Crippen molar-refractivity contribution in [2.24, 2.45) is 7.05 Å². The second kappa shape index (κ2) is 6.54. The first kappa shape index (κ1) is 15.7. The van der Waals surface area contributed by atoms with Crippen molar-refractivity contribution >= 4 is 11.8 Å². The molecule has 7 heteroatoms. The highest BCUT2D eigenvalue weighted by molar-refractivity contribution is 5.44. The van der Waals surface area contributed by atoms with E-state index in [1.165, 1.54) is 0 Å². The fraction of sp³-hybridized carbons (Fsp3) is 0.562. The van der Waals surface area contributed by atoms with Crippen LogP contribution in [0.1, 0.15) is 36.7 Å². The lowest BCUT2D eigenvalue weighted by Gasteiger charge is -2.31. The lowest BCUT2D eigenvalue weighted by atomic mass is 9.80. The normalized spacial score (nSPS) is 20.3. The first-order chi connectivity index (χ1) is 11.0. The molecule has 1 aliphatic carbocycles. The molecule has 1 aliphatic rings.